The van der Waals surface area contributed by atoms with Crippen molar-refractivity contribution in [3.63, 3.8) is 0 Å². The van der Waals surface area contributed by atoms with Crippen molar-refractivity contribution in [3.05, 3.63) is 50.8 Å². The van der Waals surface area contributed by atoms with Gasteiger partial charge >= 0.3 is 0 Å². The molecule has 1 atom stereocenters. The normalized spacial score (nSPS) is 16.1. The summed E-state index contributed by atoms with van der Waals surface area (Å²) in [7, 11) is 3.09. The molecule has 3 rings (SSSR count). The third kappa shape index (κ3) is 3.87. The second-order valence-corrected chi connectivity index (χ2v) is 7.83. The molecule has 0 bridgehead atoms. The Hall–Kier alpha value is -1.48. The minimum Gasteiger partial charge on any atom is -0.493 e. The Labute approximate surface area is 163 Å². The zero-order valence-electron chi connectivity index (χ0n) is 13.8. The first-order chi connectivity index (χ1) is 12.0. The van der Waals surface area contributed by atoms with Gasteiger partial charge in [-0.25, -0.2) is 4.39 Å². The van der Waals surface area contributed by atoms with Crippen LogP contribution in [0.25, 0.3) is 0 Å². The summed E-state index contributed by atoms with van der Waals surface area (Å²) >= 11 is 3.78. The molecule has 7 heteroatoms. The topological polar surface area (TPSA) is 47.6 Å². The van der Waals surface area contributed by atoms with Crippen LogP contribution in [0.2, 0.25) is 0 Å². The molecule has 0 radical (unpaired) electrons. The van der Waals surface area contributed by atoms with Gasteiger partial charge in [0.05, 0.1) is 25.8 Å². The molecule has 2 aromatic rings. The van der Waals surface area contributed by atoms with Crippen LogP contribution >= 0.6 is 34.4 Å². The van der Waals surface area contributed by atoms with E-state index in [1.165, 1.54) is 19.2 Å². The maximum Gasteiger partial charge on any atom is 0.252 e. The maximum atomic E-state index is 13.6. The van der Waals surface area contributed by atoms with Gasteiger partial charge < -0.3 is 14.8 Å². The third-order valence-electron chi connectivity index (χ3n) is 4.03. The summed E-state index contributed by atoms with van der Waals surface area (Å²) in [4.78, 5) is 13.8. The molecule has 1 heterocycles. The van der Waals surface area contributed by atoms with Crippen LogP contribution in [0.15, 0.2) is 35.2 Å². The lowest BCUT2D eigenvalue weighted by molar-refractivity contribution is 0.0933. The predicted molar refractivity (Wildman–Crippen MR) is 104 cm³/mol. The van der Waals surface area contributed by atoms with Crippen molar-refractivity contribution in [2.24, 2.45) is 0 Å². The number of amides is 1. The Morgan fingerprint density at radius 3 is 2.68 bits per heavy atom. The molecule has 1 aliphatic rings. The minimum absolute atomic E-state index is 0.205. The van der Waals surface area contributed by atoms with Crippen LogP contribution in [0.3, 0.4) is 0 Å². The van der Waals surface area contributed by atoms with E-state index in [9.17, 15) is 9.18 Å². The second-order valence-electron chi connectivity index (χ2n) is 5.53. The lowest BCUT2D eigenvalue weighted by atomic mass is 10.0. The number of carbonyl (C=O) groups is 1. The Morgan fingerprint density at radius 1 is 1.24 bits per heavy atom. The van der Waals surface area contributed by atoms with Gasteiger partial charge in [0.25, 0.3) is 5.91 Å². The van der Waals surface area contributed by atoms with Crippen LogP contribution < -0.4 is 14.8 Å². The maximum absolute atomic E-state index is 13.6. The van der Waals surface area contributed by atoms with Gasteiger partial charge in [0.2, 0.25) is 0 Å². The van der Waals surface area contributed by atoms with Crippen LogP contribution in [0.5, 0.6) is 11.5 Å². The molecule has 0 aromatic heterocycles. The quantitative estimate of drug-likeness (QED) is 0.669. The van der Waals surface area contributed by atoms with Gasteiger partial charge in [-0.3, -0.25) is 4.79 Å². The smallest absolute Gasteiger partial charge is 0.252 e. The minimum atomic E-state index is -0.291. The van der Waals surface area contributed by atoms with Crippen LogP contribution in [0.1, 0.15) is 28.4 Å². The molecular weight excluding hydrogens is 456 g/mol. The van der Waals surface area contributed by atoms with Crippen molar-refractivity contribution >= 4 is 40.3 Å². The monoisotopic (exact) mass is 473 g/mol. The van der Waals surface area contributed by atoms with E-state index < -0.39 is 0 Å². The number of hydrogen-bond donors (Lipinski definition) is 1. The van der Waals surface area contributed by atoms with Crippen molar-refractivity contribution in [2.75, 3.05) is 20.0 Å². The largest absolute Gasteiger partial charge is 0.493 e. The molecule has 2 aromatic carbocycles. The van der Waals surface area contributed by atoms with E-state index in [-0.39, 0.29) is 17.8 Å². The second kappa shape index (κ2) is 7.82. The van der Waals surface area contributed by atoms with E-state index in [1.807, 2.05) is 0 Å². The average molecular weight is 473 g/mol. The van der Waals surface area contributed by atoms with Crippen LogP contribution in [-0.2, 0) is 0 Å². The fraction of sp³-hybridized carbons (Fsp3) is 0.278. The molecule has 4 nitrogen and oxygen atoms in total. The molecular formula is C18H17FINO3S. The highest BCUT2D eigenvalue weighted by atomic mass is 127. The molecule has 132 valence electrons. The first-order valence-electron chi connectivity index (χ1n) is 7.68. The Kier molecular flexibility index (Phi) is 5.73. The van der Waals surface area contributed by atoms with Gasteiger partial charge in [-0.1, -0.05) is 0 Å². The number of methoxy groups -OCH3 is 2. The molecule has 0 spiro atoms. The number of nitrogens with one attached hydrogen (secondary N) is 1. The van der Waals surface area contributed by atoms with Gasteiger partial charge in [0.15, 0.2) is 11.5 Å². The standard InChI is InChI=1S/C18H17FINO3S/c1-23-15-8-11(13(20)9-16(15)24-2)18(22)21-14-5-6-25-17-4-3-10(19)7-12(14)17/h3-4,7-9,14H,5-6H2,1-2H3,(H,21,22). The Bertz CT molecular complexity index is 815. The molecule has 0 saturated carbocycles. The SMILES string of the molecule is COc1cc(I)c(C(=O)NC2CCSc3ccc(F)cc32)cc1OC. The lowest BCUT2D eigenvalue weighted by Gasteiger charge is -2.26. The molecule has 1 amide bonds. The van der Waals surface area contributed by atoms with E-state index in [1.54, 1.807) is 37.1 Å². The lowest BCUT2D eigenvalue weighted by Crippen LogP contribution is -2.31. The van der Waals surface area contributed by atoms with Crippen molar-refractivity contribution < 1.29 is 18.7 Å². The van der Waals surface area contributed by atoms with E-state index >= 15 is 0 Å². The summed E-state index contributed by atoms with van der Waals surface area (Å²) < 4.78 is 24.9. The van der Waals surface area contributed by atoms with Crippen LogP contribution in [-0.4, -0.2) is 25.9 Å². The van der Waals surface area contributed by atoms with Crippen molar-refractivity contribution in [3.8, 4) is 11.5 Å². The van der Waals surface area contributed by atoms with Crippen molar-refractivity contribution in [2.45, 2.75) is 17.4 Å². The van der Waals surface area contributed by atoms with Crippen molar-refractivity contribution in [1.29, 1.82) is 0 Å². The van der Waals surface area contributed by atoms with Crippen LogP contribution in [0.4, 0.5) is 4.39 Å². The number of thioether (sulfide) groups is 1. The van der Waals surface area contributed by atoms with Gasteiger partial charge in [-0.2, -0.15) is 0 Å². The number of rotatable bonds is 4. The highest BCUT2D eigenvalue weighted by Crippen LogP contribution is 2.37. The molecule has 1 aliphatic heterocycles. The summed E-state index contributed by atoms with van der Waals surface area (Å²) in [5, 5.41) is 3.03. The molecule has 0 aliphatic carbocycles. The predicted octanol–water partition coefficient (Wildman–Crippen LogP) is 4.41. The van der Waals surface area contributed by atoms with Gasteiger partial charge in [0, 0.05) is 14.2 Å². The molecule has 0 saturated heterocycles. The van der Waals surface area contributed by atoms with E-state index in [0.29, 0.717) is 17.1 Å². The average Bonchev–Trinajstić information content (AvgIpc) is 2.61. The van der Waals surface area contributed by atoms with E-state index in [0.717, 1.165) is 26.2 Å². The van der Waals surface area contributed by atoms with Crippen molar-refractivity contribution in [1.82, 2.24) is 5.32 Å². The molecule has 1 unspecified atom stereocenters. The van der Waals surface area contributed by atoms with Crippen LogP contribution in [0, 0.1) is 9.39 Å². The Morgan fingerprint density at radius 2 is 1.96 bits per heavy atom. The number of ether oxygens (including phenoxy) is 2. The third-order valence-corrected chi connectivity index (χ3v) is 6.05. The number of hydrogen-bond acceptors (Lipinski definition) is 4. The molecule has 25 heavy (non-hydrogen) atoms. The number of benzene rings is 2. The first kappa shape index (κ1) is 18.3. The fourth-order valence-corrected chi connectivity index (χ4v) is 4.57. The fourth-order valence-electron chi connectivity index (χ4n) is 2.78. The van der Waals surface area contributed by atoms with Gasteiger partial charge in [-0.15, -0.1) is 11.8 Å². The number of fused-ring (bicyclic) bond motifs is 1. The Balaban J connectivity index is 1.88. The summed E-state index contributed by atoms with van der Waals surface area (Å²) in [6, 6.07) is 7.95. The molecule has 0 fully saturated rings. The summed E-state index contributed by atoms with van der Waals surface area (Å²) in [5.41, 5.74) is 1.34. The van der Waals surface area contributed by atoms with E-state index in [2.05, 4.69) is 27.9 Å². The van der Waals surface area contributed by atoms with Gasteiger partial charge in [0.1, 0.15) is 5.82 Å². The summed E-state index contributed by atoms with van der Waals surface area (Å²) in [5.74, 6) is 1.45. The summed E-state index contributed by atoms with van der Waals surface area (Å²) in [6.45, 7) is 0. The van der Waals surface area contributed by atoms with Gasteiger partial charge in [-0.05, 0) is 64.9 Å². The zero-order chi connectivity index (χ0) is 18.0. The molecule has 1 N–H and O–H groups in total. The highest BCUT2D eigenvalue weighted by molar-refractivity contribution is 14.1. The number of halogens is 2. The number of carbonyl (C=O) groups excluding carboxylic acids is 1. The zero-order valence-corrected chi connectivity index (χ0v) is 16.7. The summed E-state index contributed by atoms with van der Waals surface area (Å²) in [6.07, 6.45) is 0.761. The first-order valence-corrected chi connectivity index (χ1v) is 9.74. The van der Waals surface area contributed by atoms with E-state index in [4.69, 9.17) is 9.47 Å². The highest BCUT2D eigenvalue weighted by Gasteiger charge is 2.25.